The molecule has 0 spiro atoms. The van der Waals surface area contributed by atoms with Crippen molar-refractivity contribution in [1.29, 1.82) is 0 Å². The van der Waals surface area contributed by atoms with Crippen LogP contribution in [0.2, 0.25) is 0 Å². The molecule has 8 nitrogen and oxygen atoms in total. The Balaban J connectivity index is 1.51. The van der Waals surface area contributed by atoms with E-state index in [9.17, 15) is 14.7 Å². The fraction of sp³-hybridized carbons (Fsp3) is 0.258. The molecule has 2 aromatic carbocycles. The highest BCUT2D eigenvalue weighted by Crippen LogP contribution is 2.44. The van der Waals surface area contributed by atoms with Crippen molar-refractivity contribution in [3.8, 4) is 5.75 Å². The van der Waals surface area contributed by atoms with Gasteiger partial charge in [-0.2, -0.15) is 0 Å². The van der Waals surface area contributed by atoms with Crippen molar-refractivity contribution < 1.29 is 19.4 Å². The average Bonchev–Trinajstić information content (AvgIpc) is 3.54. The van der Waals surface area contributed by atoms with Gasteiger partial charge in [0, 0.05) is 23.7 Å². The predicted octanol–water partition coefficient (Wildman–Crippen LogP) is 6.59. The maximum Gasteiger partial charge on any atom is 0.301 e. The number of rotatable bonds is 10. The molecule has 5 rings (SSSR count). The Kier molecular flexibility index (Phi) is 8.80. The molecule has 1 N–H and O–H groups in total. The molecule has 41 heavy (non-hydrogen) atoms. The Morgan fingerprint density at radius 2 is 1.83 bits per heavy atom. The summed E-state index contributed by atoms with van der Waals surface area (Å²) in [6.07, 6.45) is 3.93. The lowest BCUT2D eigenvalue weighted by molar-refractivity contribution is -0.132. The summed E-state index contributed by atoms with van der Waals surface area (Å²) >= 11 is 2.75. The van der Waals surface area contributed by atoms with Crippen molar-refractivity contribution in [2.24, 2.45) is 5.92 Å². The van der Waals surface area contributed by atoms with Crippen LogP contribution in [0.15, 0.2) is 83.0 Å². The van der Waals surface area contributed by atoms with Gasteiger partial charge in [0.2, 0.25) is 5.13 Å². The van der Waals surface area contributed by atoms with Crippen LogP contribution in [0.4, 0.5) is 5.13 Å². The Bertz CT molecular complexity index is 1570. The number of benzene rings is 2. The van der Waals surface area contributed by atoms with Crippen molar-refractivity contribution in [2.75, 3.05) is 11.5 Å². The van der Waals surface area contributed by atoms with Gasteiger partial charge in [-0.05, 0) is 54.7 Å². The SMILES string of the molecule is Cc1ccc(CSc2nnc(N3C(=O)C(=O)C(=C(O)c4ccncc4)C3c3cccc(OCCC(C)C)c3)s2)cc1. The Morgan fingerprint density at radius 1 is 1.07 bits per heavy atom. The number of nitrogens with zero attached hydrogens (tertiary/aromatic N) is 4. The minimum Gasteiger partial charge on any atom is -0.507 e. The predicted molar refractivity (Wildman–Crippen MR) is 161 cm³/mol. The van der Waals surface area contributed by atoms with Crippen LogP contribution in [0.25, 0.3) is 5.76 Å². The average molecular weight is 587 g/mol. The van der Waals surface area contributed by atoms with Gasteiger partial charge in [0.05, 0.1) is 18.2 Å². The molecular formula is C31H30N4O4S2. The molecule has 1 aliphatic rings. The van der Waals surface area contributed by atoms with Crippen molar-refractivity contribution in [2.45, 2.75) is 43.3 Å². The number of carbonyl (C=O) groups excluding carboxylic acids is 2. The Hall–Kier alpha value is -4.02. The Labute approximate surface area is 247 Å². The number of hydrogen-bond donors (Lipinski definition) is 1. The van der Waals surface area contributed by atoms with Crippen LogP contribution < -0.4 is 9.64 Å². The molecule has 1 atom stereocenters. The minimum absolute atomic E-state index is 0.0235. The molecule has 1 amide bonds. The quantitative estimate of drug-likeness (QED) is 0.0730. The second-order valence-electron chi connectivity index (χ2n) is 10.1. The number of carbonyl (C=O) groups is 2. The summed E-state index contributed by atoms with van der Waals surface area (Å²) in [4.78, 5) is 32.3. The zero-order chi connectivity index (χ0) is 28.9. The number of aliphatic hydroxyl groups is 1. The highest BCUT2D eigenvalue weighted by molar-refractivity contribution is 8.00. The largest absolute Gasteiger partial charge is 0.507 e. The summed E-state index contributed by atoms with van der Waals surface area (Å²) in [5, 5.41) is 20.2. The van der Waals surface area contributed by atoms with Gasteiger partial charge in [0.25, 0.3) is 5.78 Å². The molecule has 4 aromatic rings. The van der Waals surface area contributed by atoms with Crippen molar-refractivity contribution in [3.05, 3.63) is 101 Å². The number of thioether (sulfide) groups is 1. The van der Waals surface area contributed by atoms with Crippen LogP contribution in [0.3, 0.4) is 0 Å². The van der Waals surface area contributed by atoms with Gasteiger partial charge in [0.15, 0.2) is 4.34 Å². The summed E-state index contributed by atoms with van der Waals surface area (Å²) in [7, 11) is 0. The monoisotopic (exact) mass is 586 g/mol. The molecule has 3 heterocycles. The topological polar surface area (TPSA) is 106 Å². The molecule has 210 valence electrons. The molecule has 0 aliphatic carbocycles. The van der Waals surface area contributed by atoms with Crippen LogP contribution in [-0.2, 0) is 15.3 Å². The van der Waals surface area contributed by atoms with E-state index in [1.165, 1.54) is 46.0 Å². The van der Waals surface area contributed by atoms with Crippen LogP contribution in [-0.4, -0.2) is 38.6 Å². The first kappa shape index (κ1) is 28.5. The van der Waals surface area contributed by atoms with Gasteiger partial charge >= 0.3 is 5.91 Å². The zero-order valence-electron chi connectivity index (χ0n) is 23.0. The van der Waals surface area contributed by atoms with Gasteiger partial charge < -0.3 is 9.84 Å². The molecule has 1 saturated heterocycles. The summed E-state index contributed by atoms with van der Waals surface area (Å²) < 4.78 is 6.64. The first-order chi connectivity index (χ1) is 19.8. The second-order valence-corrected chi connectivity index (χ2v) is 12.3. The summed E-state index contributed by atoms with van der Waals surface area (Å²) in [6.45, 7) is 6.83. The number of anilines is 1. The summed E-state index contributed by atoms with van der Waals surface area (Å²) in [5.41, 5.74) is 3.31. The number of Topliss-reactive ketones (excluding diaryl/α,β-unsaturated/α-hetero) is 1. The molecule has 1 unspecified atom stereocenters. The van der Waals surface area contributed by atoms with Crippen LogP contribution in [0.5, 0.6) is 5.75 Å². The van der Waals surface area contributed by atoms with Crippen LogP contribution in [0.1, 0.15) is 48.6 Å². The Morgan fingerprint density at radius 3 is 2.56 bits per heavy atom. The van der Waals surface area contributed by atoms with Gasteiger partial charge in [-0.15, -0.1) is 10.2 Å². The number of ketones is 1. The lowest BCUT2D eigenvalue weighted by Crippen LogP contribution is -2.29. The van der Waals surface area contributed by atoms with E-state index < -0.39 is 17.7 Å². The van der Waals surface area contributed by atoms with Crippen LogP contribution in [0, 0.1) is 12.8 Å². The minimum atomic E-state index is -0.917. The first-order valence-corrected chi connectivity index (χ1v) is 15.1. The number of amides is 1. The number of aryl methyl sites for hydroxylation is 1. The zero-order valence-corrected chi connectivity index (χ0v) is 24.6. The van der Waals surface area contributed by atoms with Gasteiger partial charge in [0.1, 0.15) is 11.5 Å². The molecule has 1 aliphatic heterocycles. The van der Waals surface area contributed by atoms with Crippen molar-refractivity contribution in [3.63, 3.8) is 0 Å². The van der Waals surface area contributed by atoms with E-state index in [4.69, 9.17) is 4.74 Å². The lowest BCUT2D eigenvalue weighted by atomic mass is 9.95. The molecular weight excluding hydrogens is 556 g/mol. The molecule has 1 fully saturated rings. The third-order valence-corrected chi connectivity index (χ3v) is 8.75. The van der Waals surface area contributed by atoms with Crippen molar-refractivity contribution in [1.82, 2.24) is 15.2 Å². The maximum absolute atomic E-state index is 13.5. The summed E-state index contributed by atoms with van der Waals surface area (Å²) in [6, 6.07) is 17.8. The molecule has 0 radical (unpaired) electrons. The molecule has 10 heteroatoms. The lowest BCUT2D eigenvalue weighted by Gasteiger charge is -2.23. The van der Waals surface area contributed by atoms with Gasteiger partial charge in [-0.25, -0.2) is 0 Å². The third-order valence-electron chi connectivity index (χ3n) is 6.62. The summed E-state index contributed by atoms with van der Waals surface area (Å²) in [5.74, 6) is -0.0507. The van der Waals surface area contributed by atoms with E-state index in [0.717, 1.165) is 12.0 Å². The van der Waals surface area contributed by atoms with Gasteiger partial charge in [-0.3, -0.25) is 19.5 Å². The number of hydrogen-bond acceptors (Lipinski definition) is 9. The smallest absolute Gasteiger partial charge is 0.301 e. The van der Waals surface area contributed by atoms with E-state index in [1.54, 1.807) is 18.2 Å². The maximum atomic E-state index is 13.5. The van der Waals surface area contributed by atoms with E-state index in [2.05, 4.69) is 53.3 Å². The fourth-order valence-corrected chi connectivity index (χ4v) is 6.21. The molecule has 0 bridgehead atoms. The fourth-order valence-electron chi connectivity index (χ4n) is 4.38. The highest BCUT2D eigenvalue weighted by atomic mass is 32.2. The molecule has 2 aromatic heterocycles. The van der Waals surface area contributed by atoms with Crippen LogP contribution >= 0.6 is 23.1 Å². The standard InChI is InChI=1S/C31H30N4O4S2/c1-19(2)13-16-39-24-6-4-5-23(17-24)26-25(27(36)22-11-14-32-15-12-22)28(37)29(38)35(26)30-33-34-31(41-30)40-18-21-9-7-20(3)8-10-21/h4-12,14-15,17,19,26,36H,13,16,18H2,1-3H3. The van der Waals surface area contributed by atoms with E-state index in [-0.39, 0.29) is 16.5 Å². The highest BCUT2D eigenvalue weighted by Gasteiger charge is 2.48. The number of aliphatic hydroxyl groups excluding tert-OH is 1. The number of aromatic nitrogens is 3. The van der Waals surface area contributed by atoms with Crippen molar-refractivity contribution >= 4 is 45.7 Å². The molecule has 0 saturated carbocycles. The second kappa shape index (κ2) is 12.7. The normalized spacial score (nSPS) is 16.5. The number of ether oxygens (including phenoxy) is 1. The van der Waals surface area contributed by atoms with E-state index >= 15 is 0 Å². The van der Waals surface area contributed by atoms with E-state index in [0.29, 0.717) is 39.5 Å². The third kappa shape index (κ3) is 6.49. The van der Waals surface area contributed by atoms with E-state index in [1.807, 2.05) is 25.1 Å². The number of pyridine rings is 1. The first-order valence-electron chi connectivity index (χ1n) is 13.3. The van der Waals surface area contributed by atoms with Gasteiger partial charge in [-0.1, -0.05) is 78.9 Å².